The first-order valence-electron chi connectivity index (χ1n) is 6.82. The van der Waals surface area contributed by atoms with E-state index >= 15 is 0 Å². The van der Waals surface area contributed by atoms with E-state index in [0.29, 0.717) is 13.2 Å². The van der Waals surface area contributed by atoms with Crippen LogP contribution in [0, 0.1) is 0 Å². The molecule has 2 unspecified atom stereocenters. The summed E-state index contributed by atoms with van der Waals surface area (Å²) in [6.07, 6.45) is 1.85. The molecule has 2 rings (SSSR count). The van der Waals surface area contributed by atoms with Crippen LogP contribution in [0.2, 0.25) is 0 Å². The first-order valence-corrected chi connectivity index (χ1v) is 8.30. The monoisotopic (exact) mass is 298 g/mol. The van der Waals surface area contributed by atoms with Gasteiger partial charge in [-0.05, 0) is 44.4 Å². The van der Waals surface area contributed by atoms with E-state index in [1.54, 1.807) is 24.3 Å². The lowest BCUT2D eigenvalue weighted by molar-refractivity contribution is 0.0250. The van der Waals surface area contributed by atoms with Gasteiger partial charge in [0.25, 0.3) is 0 Å². The molecule has 1 saturated heterocycles. The van der Waals surface area contributed by atoms with Crippen molar-refractivity contribution < 1.29 is 13.2 Å². The van der Waals surface area contributed by atoms with Gasteiger partial charge in [-0.15, -0.1) is 0 Å². The summed E-state index contributed by atoms with van der Waals surface area (Å²) in [5.74, 6) is 0. The van der Waals surface area contributed by atoms with Crippen molar-refractivity contribution in [1.82, 2.24) is 4.72 Å². The van der Waals surface area contributed by atoms with Gasteiger partial charge in [0.15, 0.2) is 0 Å². The fraction of sp³-hybridized carbons (Fsp3) is 0.571. The molecule has 2 atom stereocenters. The maximum atomic E-state index is 12.2. The molecule has 1 fully saturated rings. The van der Waals surface area contributed by atoms with Crippen LogP contribution in [-0.2, 0) is 14.8 Å². The third-order valence-corrected chi connectivity index (χ3v) is 5.07. The Morgan fingerprint density at radius 1 is 1.40 bits per heavy atom. The SMILES string of the molecule is CC(N)c1ccc(S(=O)(=O)NCC2(C)CCCO2)cc1. The number of hydrogen-bond acceptors (Lipinski definition) is 4. The predicted octanol–water partition coefficient (Wildman–Crippen LogP) is 1.55. The van der Waals surface area contributed by atoms with Crippen LogP contribution in [0.15, 0.2) is 29.2 Å². The number of benzene rings is 1. The highest BCUT2D eigenvalue weighted by Gasteiger charge is 2.31. The van der Waals surface area contributed by atoms with Gasteiger partial charge in [0.05, 0.1) is 10.5 Å². The largest absolute Gasteiger partial charge is 0.374 e. The average molecular weight is 298 g/mol. The molecule has 1 aliphatic heterocycles. The van der Waals surface area contributed by atoms with Crippen LogP contribution in [-0.4, -0.2) is 27.2 Å². The summed E-state index contributed by atoms with van der Waals surface area (Å²) < 4.78 is 32.6. The Labute approximate surface area is 120 Å². The summed E-state index contributed by atoms with van der Waals surface area (Å²) in [7, 11) is -3.50. The Hall–Kier alpha value is -0.950. The molecular weight excluding hydrogens is 276 g/mol. The first kappa shape index (κ1) is 15.4. The number of ether oxygens (including phenoxy) is 1. The number of nitrogens with two attached hydrogens (primary N) is 1. The van der Waals surface area contributed by atoms with Crippen molar-refractivity contribution in [2.45, 2.75) is 43.2 Å². The highest BCUT2D eigenvalue weighted by Crippen LogP contribution is 2.24. The van der Waals surface area contributed by atoms with Crippen LogP contribution in [0.25, 0.3) is 0 Å². The zero-order chi connectivity index (χ0) is 14.8. The van der Waals surface area contributed by atoms with Gasteiger partial charge >= 0.3 is 0 Å². The second-order valence-electron chi connectivity index (χ2n) is 5.58. The molecule has 1 heterocycles. The van der Waals surface area contributed by atoms with Crippen LogP contribution in [0.1, 0.15) is 38.3 Å². The minimum Gasteiger partial charge on any atom is -0.374 e. The normalized spacial score (nSPS) is 24.8. The minimum absolute atomic E-state index is 0.106. The molecular formula is C14H22N2O3S. The number of hydrogen-bond donors (Lipinski definition) is 2. The zero-order valence-corrected chi connectivity index (χ0v) is 12.7. The molecule has 1 aromatic rings. The van der Waals surface area contributed by atoms with Gasteiger partial charge in [-0.3, -0.25) is 0 Å². The molecule has 3 N–H and O–H groups in total. The Morgan fingerprint density at radius 3 is 2.55 bits per heavy atom. The molecule has 0 amide bonds. The molecule has 112 valence electrons. The molecule has 6 heteroatoms. The Kier molecular flexibility index (Phi) is 4.49. The molecule has 0 aliphatic carbocycles. The molecule has 0 radical (unpaired) electrons. The van der Waals surface area contributed by atoms with Gasteiger partial charge in [0.2, 0.25) is 10.0 Å². The van der Waals surface area contributed by atoms with Crippen LogP contribution < -0.4 is 10.5 Å². The Morgan fingerprint density at radius 2 is 2.05 bits per heavy atom. The van der Waals surface area contributed by atoms with Crippen molar-refractivity contribution in [2.75, 3.05) is 13.2 Å². The molecule has 0 bridgehead atoms. The molecule has 0 aromatic heterocycles. The van der Waals surface area contributed by atoms with Crippen molar-refractivity contribution in [2.24, 2.45) is 5.73 Å². The topological polar surface area (TPSA) is 81.4 Å². The van der Waals surface area contributed by atoms with Crippen molar-refractivity contribution in [3.63, 3.8) is 0 Å². The molecule has 20 heavy (non-hydrogen) atoms. The maximum Gasteiger partial charge on any atom is 0.240 e. The van der Waals surface area contributed by atoms with E-state index in [4.69, 9.17) is 10.5 Å². The zero-order valence-electron chi connectivity index (χ0n) is 11.9. The minimum atomic E-state index is -3.50. The van der Waals surface area contributed by atoms with E-state index in [-0.39, 0.29) is 10.9 Å². The number of sulfonamides is 1. The van der Waals surface area contributed by atoms with Gasteiger partial charge < -0.3 is 10.5 Å². The van der Waals surface area contributed by atoms with Gasteiger partial charge in [-0.1, -0.05) is 12.1 Å². The average Bonchev–Trinajstić information content (AvgIpc) is 2.84. The van der Waals surface area contributed by atoms with E-state index in [1.165, 1.54) is 0 Å². The highest BCUT2D eigenvalue weighted by molar-refractivity contribution is 7.89. The van der Waals surface area contributed by atoms with Gasteiger partial charge in [-0.2, -0.15) is 0 Å². The fourth-order valence-electron chi connectivity index (χ4n) is 2.26. The molecule has 0 saturated carbocycles. The van der Waals surface area contributed by atoms with E-state index in [9.17, 15) is 8.42 Å². The van der Waals surface area contributed by atoms with Crippen molar-refractivity contribution >= 4 is 10.0 Å². The van der Waals surface area contributed by atoms with Crippen molar-refractivity contribution in [1.29, 1.82) is 0 Å². The lowest BCUT2D eigenvalue weighted by atomic mass is 10.0. The van der Waals surface area contributed by atoms with E-state index < -0.39 is 15.6 Å². The Balaban J connectivity index is 2.06. The summed E-state index contributed by atoms with van der Waals surface area (Å²) >= 11 is 0. The van der Waals surface area contributed by atoms with Crippen LogP contribution in [0.5, 0.6) is 0 Å². The predicted molar refractivity (Wildman–Crippen MR) is 77.8 cm³/mol. The fourth-order valence-corrected chi connectivity index (χ4v) is 3.41. The lowest BCUT2D eigenvalue weighted by Gasteiger charge is -2.23. The molecule has 1 aromatic carbocycles. The second-order valence-corrected chi connectivity index (χ2v) is 7.35. The molecule has 0 spiro atoms. The lowest BCUT2D eigenvalue weighted by Crippen LogP contribution is -2.40. The third kappa shape index (κ3) is 3.58. The van der Waals surface area contributed by atoms with Crippen molar-refractivity contribution in [3.8, 4) is 0 Å². The van der Waals surface area contributed by atoms with E-state index in [2.05, 4.69) is 4.72 Å². The Bertz CT molecular complexity index is 546. The molecule has 5 nitrogen and oxygen atoms in total. The highest BCUT2D eigenvalue weighted by atomic mass is 32.2. The smallest absolute Gasteiger partial charge is 0.240 e. The van der Waals surface area contributed by atoms with Gasteiger partial charge in [0.1, 0.15) is 0 Å². The number of rotatable bonds is 5. The van der Waals surface area contributed by atoms with E-state index in [0.717, 1.165) is 18.4 Å². The summed E-state index contributed by atoms with van der Waals surface area (Å²) in [5.41, 5.74) is 6.27. The summed E-state index contributed by atoms with van der Waals surface area (Å²) in [6, 6.07) is 6.54. The summed E-state index contributed by atoms with van der Waals surface area (Å²) in [4.78, 5) is 0.253. The van der Waals surface area contributed by atoms with Crippen LogP contribution in [0.4, 0.5) is 0 Å². The van der Waals surface area contributed by atoms with Crippen LogP contribution in [0.3, 0.4) is 0 Å². The third-order valence-electron chi connectivity index (χ3n) is 3.65. The van der Waals surface area contributed by atoms with Crippen molar-refractivity contribution in [3.05, 3.63) is 29.8 Å². The summed E-state index contributed by atoms with van der Waals surface area (Å²) in [5, 5.41) is 0. The molecule has 1 aliphatic rings. The first-order chi connectivity index (χ1) is 9.32. The van der Waals surface area contributed by atoms with E-state index in [1.807, 2.05) is 13.8 Å². The van der Waals surface area contributed by atoms with Crippen LogP contribution >= 0.6 is 0 Å². The quantitative estimate of drug-likeness (QED) is 0.864. The second kappa shape index (κ2) is 5.81. The summed E-state index contributed by atoms with van der Waals surface area (Å²) in [6.45, 7) is 4.79. The van der Waals surface area contributed by atoms with Gasteiger partial charge in [0, 0.05) is 19.2 Å². The standard InChI is InChI=1S/C14H22N2O3S/c1-11(15)12-4-6-13(7-5-12)20(17,18)16-10-14(2)8-3-9-19-14/h4-7,11,16H,3,8-10,15H2,1-2H3. The number of nitrogens with one attached hydrogen (secondary N) is 1. The maximum absolute atomic E-state index is 12.2. The van der Waals surface area contributed by atoms with Gasteiger partial charge in [-0.25, -0.2) is 13.1 Å².